The van der Waals surface area contributed by atoms with Crippen LogP contribution in [0, 0.1) is 12.8 Å². The quantitative estimate of drug-likeness (QED) is 0.807. The van der Waals surface area contributed by atoms with E-state index in [9.17, 15) is 4.79 Å². The van der Waals surface area contributed by atoms with E-state index < -0.39 is 6.09 Å². The van der Waals surface area contributed by atoms with Crippen molar-refractivity contribution in [1.29, 1.82) is 0 Å². The molecule has 0 aliphatic rings. The monoisotopic (exact) mass is 226 g/mol. The van der Waals surface area contributed by atoms with Gasteiger partial charge in [-0.2, -0.15) is 0 Å². The SMILES string of the molecule is Cc1cc(C[C@H](CC(C)C)NC(=O)O)no1. The van der Waals surface area contributed by atoms with Crippen LogP contribution in [0.2, 0.25) is 0 Å². The Morgan fingerprint density at radius 3 is 2.75 bits per heavy atom. The summed E-state index contributed by atoms with van der Waals surface area (Å²) in [5.74, 6) is 1.18. The van der Waals surface area contributed by atoms with E-state index in [-0.39, 0.29) is 6.04 Å². The molecule has 0 saturated heterocycles. The van der Waals surface area contributed by atoms with Gasteiger partial charge in [-0.05, 0) is 19.3 Å². The number of aromatic nitrogens is 1. The van der Waals surface area contributed by atoms with Crippen molar-refractivity contribution >= 4 is 6.09 Å². The Hall–Kier alpha value is -1.52. The molecular weight excluding hydrogens is 208 g/mol. The van der Waals surface area contributed by atoms with Gasteiger partial charge < -0.3 is 14.9 Å². The van der Waals surface area contributed by atoms with Gasteiger partial charge in [-0.25, -0.2) is 4.79 Å². The Kier molecular flexibility index (Phi) is 4.34. The van der Waals surface area contributed by atoms with Crippen molar-refractivity contribution in [2.45, 2.75) is 39.7 Å². The molecule has 0 aliphatic carbocycles. The second-order valence-electron chi connectivity index (χ2n) is 4.41. The van der Waals surface area contributed by atoms with E-state index in [1.165, 1.54) is 0 Å². The molecule has 1 aromatic heterocycles. The zero-order valence-electron chi connectivity index (χ0n) is 9.86. The molecule has 1 amide bonds. The van der Waals surface area contributed by atoms with Crippen LogP contribution in [0.1, 0.15) is 31.7 Å². The van der Waals surface area contributed by atoms with Crippen molar-refractivity contribution in [1.82, 2.24) is 10.5 Å². The van der Waals surface area contributed by atoms with Gasteiger partial charge in [0.25, 0.3) is 0 Å². The normalized spacial score (nSPS) is 12.8. The van der Waals surface area contributed by atoms with Gasteiger partial charge in [-0.15, -0.1) is 0 Å². The Bertz CT molecular complexity index is 347. The third kappa shape index (κ3) is 4.33. The van der Waals surface area contributed by atoms with E-state index in [1.807, 2.05) is 13.0 Å². The highest BCUT2D eigenvalue weighted by Gasteiger charge is 2.15. The maximum absolute atomic E-state index is 10.6. The zero-order valence-corrected chi connectivity index (χ0v) is 9.86. The van der Waals surface area contributed by atoms with Crippen molar-refractivity contribution < 1.29 is 14.4 Å². The molecule has 0 spiro atoms. The summed E-state index contributed by atoms with van der Waals surface area (Å²) in [6.07, 6.45) is 0.367. The molecule has 2 N–H and O–H groups in total. The van der Waals surface area contributed by atoms with Crippen molar-refractivity contribution in [2.75, 3.05) is 0 Å². The van der Waals surface area contributed by atoms with Gasteiger partial charge in [-0.1, -0.05) is 19.0 Å². The summed E-state index contributed by atoms with van der Waals surface area (Å²) in [6, 6.07) is 1.72. The predicted molar refractivity (Wildman–Crippen MR) is 59.3 cm³/mol. The minimum atomic E-state index is -0.995. The lowest BCUT2D eigenvalue weighted by Crippen LogP contribution is -2.36. The molecule has 0 saturated carbocycles. The minimum absolute atomic E-state index is 0.109. The number of amides is 1. The molecule has 1 atom stereocenters. The smallest absolute Gasteiger partial charge is 0.404 e. The largest absolute Gasteiger partial charge is 0.465 e. The third-order valence-electron chi connectivity index (χ3n) is 2.22. The highest BCUT2D eigenvalue weighted by atomic mass is 16.5. The molecule has 0 aliphatic heterocycles. The Morgan fingerprint density at radius 2 is 2.31 bits per heavy atom. The summed E-state index contributed by atoms with van der Waals surface area (Å²) in [5, 5.41) is 15.1. The lowest BCUT2D eigenvalue weighted by molar-refractivity contribution is 0.187. The molecule has 0 aromatic carbocycles. The van der Waals surface area contributed by atoms with Crippen LogP contribution in [-0.2, 0) is 6.42 Å². The van der Waals surface area contributed by atoms with Crippen LogP contribution in [0.4, 0.5) is 4.79 Å². The van der Waals surface area contributed by atoms with Gasteiger partial charge in [-0.3, -0.25) is 0 Å². The van der Waals surface area contributed by atoms with E-state index in [2.05, 4.69) is 24.3 Å². The third-order valence-corrected chi connectivity index (χ3v) is 2.22. The van der Waals surface area contributed by atoms with Crippen molar-refractivity contribution in [3.63, 3.8) is 0 Å². The van der Waals surface area contributed by atoms with Gasteiger partial charge >= 0.3 is 6.09 Å². The number of nitrogens with zero attached hydrogens (tertiary/aromatic N) is 1. The molecule has 5 heteroatoms. The minimum Gasteiger partial charge on any atom is -0.465 e. The first-order valence-electron chi connectivity index (χ1n) is 5.39. The first-order valence-corrected chi connectivity index (χ1v) is 5.39. The number of hydrogen-bond acceptors (Lipinski definition) is 3. The molecular formula is C11H18N2O3. The zero-order chi connectivity index (χ0) is 12.1. The molecule has 0 radical (unpaired) electrons. The second kappa shape index (κ2) is 5.53. The molecule has 0 unspecified atom stereocenters. The number of rotatable bonds is 5. The van der Waals surface area contributed by atoms with Gasteiger partial charge in [0.05, 0.1) is 5.69 Å². The summed E-state index contributed by atoms with van der Waals surface area (Å²) in [7, 11) is 0. The van der Waals surface area contributed by atoms with Gasteiger partial charge in [0.15, 0.2) is 0 Å². The highest BCUT2D eigenvalue weighted by molar-refractivity contribution is 5.64. The number of carboxylic acid groups (broad SMARTS) is 1. The van der Waals surface area contributed by atoms with E-state index in [0.717, 1.165) is 17.9 Å². The number of hydrogen-bond donors (Lipinski definition) is 2. The van der Waals surface area contributed by atoms with Gasteiger partial charge in [0, 0.05) is 18.5 Å². The molecule has 5 nitrogen and oxygen atoms in total. The summed E-state index contributed by atoms with van der Waals surface area (Å²) in [5.41, 5.74) is 0.789. The van der Waals surface area contributed by atoms with Crippen LogP contribution in [0.3, 0.4) is 0 Å². The van der Waals surface area contributed by atoms with Crippen LogP contribution in [0.5, 0.6) is 0 Å². The molecule has 0 fully saturated rings. The maximum atomic E-state index is 10.6. The lowest BCUT2D eigenvalue weighted by atomic mass is 10.00. The topological polar surface area (TPSA) is 75.4 Å². The fourth-order valence-corrected chi connectivity index (χ4v) is 1.70. The molecule has 0 bridgehead atoms. The van der Waals surface area contributed by atoms with E-state index in [4.69, 9.17) is 9.63 Å². The van der Waals surface area contributed by atoms with Crippen LogP contribution in [0.25, 0.3) is 0 Å². The van der Waals surface area contributed by atoms with E-state index in [0.29, 0.717) is 12.3 Å². The Labute approximate surface area is 94.8 Å². The van der Waals surface area contributed by atoms with Crippen LogP contribution < -0.4 is 5.32 Å². The molecule has 16 heavy (non-hydrogen) atoms. The molecule has 1 aromatic rings. The van der Waals surface area contributed by atoms with Crippen molar-refractivity contribution in [2.24, 2.45) is 5.92 Å². The molecule has 1 heterocycles. The Morgan fingerprint density at radius 1 is 1.62 bits per heavy atom. The lowest BCUT2D eigenvalue weighted by Gasteiger charge is -2.17. The number of carbonyl (C=O) groups is 1. The average molecular weight is 226 g/mol. The van der Waals surface area contributed by atoms with Crippen LogP contribution >= 0.6 is 0 Å². The van der Waals surface area contributed by atoms with Crippen molar-refractivity contribution in [3.05, 3.63) is 17.5 Å². The maximum Gasteiger partial charge on any atom is 0.404 e. The Balaban J connectivity index is 2.58. The summed E-state index contributed by atoms with van der Waals surface area (Å²) < 4.78 is 4.95. The van der Waals surface area contributed by atoms with Gasteiger partial charge in [0.2, 0.25) is 0 Å². The summed E-state index contributed by atoms with van der Waals surface area (Å²) >= 11 is 0. The second-order valence-corrected chi connectivity index (χ2v) is 4.41. The average Bonchev–Trinajstić information content (AvgIpc) is 2.48. The predicted octanol–water partition coefficient (Wildman–Crippen LogP) is 2.21. The van der Waals surface area contributed by atoms with Gasteiger partial charge in [0.1, 0.15) is 5.76 Å². The fraction of sp³-hybridized carbons (Fsp3) is 0.636. The first-order chi connectivity index (χ1) is 7.47. The van der Waals surface area contributed by atoms with Crippen LogP contribution in [-0.4, -0.2) is 22.4 Å². The van der Waals surface area contributed by atoms with E-state index in [1.54, 1.807) is 0 Å². The van der Waals surface area contributed by atoms with Crippen LogP contribution in [0.15, 0.2) is 10.6 Å². The first kappa shape index (κ1) is 12.5. The fourth-order valence-electron chi connectivity index (χ4n) is 1.70. The summed E-state index contributed by atoms with van der Waals surface area (Å²) in [6.45, 7) is 5.94. The van der Waals surface area contributed by atoms with Crippen molar-refractivity contribution in [3.8, 4) is 0 Å². The number of aryl methyl sites for hydroxylation is 1. The highest BCUT2D eigenvalue weighted by Crippen LogP contribution is 2.11. The molecule has 1 rings (SSSR count). The summed E-state index contributed by atoms with van der Waals surface area (Å²) in [4.78, 5) is 10.6. The standard InChI is InChI=1S/C11H18N2O3/c1-7(2)4-9(12-11(14)15)6-10-5-8(3)16-13-10/h5,7,9,12H,4,6H2,1-3H3,(H,14,15)/t9-/m0/s1. The number of nitrogens with one attached hydrogen (secondary N) is 1. The van der Waals surface area contributed by atoms with E-state index >= 15 is 0 Å². The molecule has 90 valence electrons.